The standard InChI is InChI=1S/C63H108N8O15/c1-48-24-26-49(27-25-48)43-54(61(64)79)69-45-55(72)52(65-2)21-19-20-34-66-58(75)46-85-41-40-84-38-36-68-59(76)47-86-42-39-83-37-35-67-57(74)33-32-53(63(81)82)71-62(80)51-30-28-50(29-31-51)44-70-56(73)22-17-15-13-11-9-7-5-3-4-6-8-10-12-14-16-18-23-60(77)78/h24-27,50-54,65,69H,3-23,28-47H2,1-2H3,(H2,64,79)(H,66,75)(H,67,74)(H,68,76)(H,70,73)(H,71,80)(H,77,78)(H,81,82)/t50?,51?,52-,53?,54-/m0/s1. The normalized spacial score (nSPS) is 15.0. The maximum absolute atomic E-state index is 13.0. The van der Waals surface area contributed by atoms with Gasteiger partial charge in [-0.05, 0) is 96.1 Å². The molecule has 11 N–H and O–H groups in total. The van der Waals surface area contributed by atoms with Crippen LogP contribution in [0.2, 0.25) is 0 Å². The van der Waals surface area contributed by atoms with Crippen LogP contribution in [0.15, 0.2) is 24.3 Å². The van der Waals surface area contributed by atoms with Crippen molar-refractivity contribution in [3.63, 3.8) is 0 Å². The third-order valence-corrected chi connectivity index (χ3v) is 15.4. The third kappa shape index (κ3) is 41.5. The average molecular weight is 1220 g/mol. The molecule has 1 aliphatic carbocycles. The summed E-state index contributed by atoms with van der Waals surface area (Å²) in [4.78, 5) is 110. The Kier molecular flexibility index (Phi) is 44.8. The fourth-order valence-corrected chi connectivity index (χ4v) is 10.1. The van der Waals surface area contributed by atoms with Gasteiger partial charge < -0.3 is 66.8 Å². The number of ketones is 1. The number of carbonyl (C=O) groups is 9. The highest BCUT2D eigenvalue weighted by atomic mass is 16.5. The fourth-order valence-electron chi connectivity index (χ4n) is 10.1. The number of aryl methyl sites for hydroxylation is 1. The van der Waals surface area contributed by atoms with E-state index in [2.05, 4.69) is 37.2 Å². The lowest BCUT2D eigenvalue weighted by Crippen LogP contribution is -2.48. The van der Waals surface area contributed by atoms with Gasteiger partial charge in [0.15, 0.2) is 5.78 Å². The van der Waals surface area contributed by atoms with Crippen molar-refractivity contribution in [2.45, 2.75) is 205 Å². The molecule has 0 aromatic heterocycles. The first-order chi connectivity index (χ1) is 41.6. The molecule has 0 bridgehead atoms. The number of amides is 6. The van der Waals surface area contributed by atoms with Crippen molar-refractivity contribution in [2.75, 3.05) is 92.6 Å². The number of Topliss-reactive ketones (excluding diaryl/α,β-unsaturated/α-hetero) is 1. The number of aliphatic carboxylic acids is 2. The zero-order chi connectivity index (χ0) is 62.8. The molecule has 0 aliphatic heterocycles. The van der Waals surface area contributed by atoms with E-state index in [9.17, 15) is 48.3 Å². The second-order valence-electron chi connectivity index (χ2n) is 22.7. The highest BCUT2D eigenvalue weighted by molar-refractivity contribution is 5.87. The molecular weight excluding hydrogens is 1110 g/mol. The first-order valence-corrected chi connectivity index (χ1v) is 32.0. The minimum absolute atomic E-state index is 0.00130. The predicted octanol–water partition coefficient (Wildman–Crippen LogP) is 5.10. The van der Waals surface area contributed by atoms with Gasteiger partial charge in [0.1, 0.15) is 19.3 Å². The molecule has 86 heavy (non-hydrogen) atoms. The van der Waals surface area contributed by atoms with Crippen LogP contribution < -0.4 is 43.0 Å². The predicted molar refractivity (Wildman–Crippen MR) is 328 cm³/mol. The zero-order valence-electron chi connectivity index (χ0n) is 52.0. The van der Waals surface area contributed by atoms with E-state index in [1.54, 1.807) is 7.05 Å². The van der Waals surface area contributed by atoms with Gasteiger partial charge >= 0.3 is 11.9 Å². The van der Waals surface area contributed by atoms with E-state index in [-0.39, 0.29) is 139 Å². The Morgan fingerprint density at radius 3 is 1.52 bits per heavy atom. The summed E-state index contributed by atoms with van der Waals surface area (Å²) >= 11 is 0. The monoisotopic (exact) mass is 1220 g/mol. The number of likely N-dealkylation sites (N-methyl/N-ethyl adjacent to an activating group) is 1. The second-order valence-corrected chi connectivity index (χ2v) is 22.7. The van der Waals surface area contributed by atoms with Crippen LogP contribution in [-0.4, -0.2) is 174 Å². The Morgan fingerprint density at radius 1 is 0.523 bits per heavy atom. The van der Waals surface area contributed by atoms with Crippen LogP contribution in [0.3, 0.4) is 0 Å². The fraction of sp³-hybridized carbons (Fsp3) is 0.762. The minimum atomic E-state index is -1.21. The van der Waals surface area contributed by atoms with Crippen LogP contribution in [0.1, 0.15) is 184 Å². The Bertz CT molecular complexity index is 2060. The van der Waals surface area contributed by atoms with E-state index in [0.717, 1.165) is 62.5 Å². The highest BCUT2D eigenvalue weighted by Crippen LogP contribution is 2.29. The smallest absolute Gasteiger partial charge is 0.326 e. The number of rotatable bonds is 56. The van der Waals surface area contributed by atoms with Gasteiger partial charge in [0.05, 0.1) is 58.3 Å². The molecule has 0 spiro atoms. The second kappa shape index (κ2) is 50.4. The van der Waals surface area contributed by atoms with Gasteiger partial charge in [0.25, 0.3) is 0 Å². The van der Waals surface area contributed by atoms with Crippen molar-refractivity contribution in [3.8, 4) is 0 Å². The Morgan fingerprint density at radius 2 is 1.01 bits per heavy atom. The summed E-state index contributed by atoms with van der Waals surface area (Å²) in [5, 5.41) is 38.3. The summed E-state index contributed by atoms with van der Waals surface area (Å²) in [5.74, 6) is -3.82. The van der Waals surface area contributed by atoms with Crippen molar-refractivity contribution in [1.82, 2.24) is 37.2 Å². The van der Waals surface area contributed by atoms with Crippen LogP contribution in [0, 0.1) is 18.8 Å². The molecule has 1 aromatic carbocycles. The van der Waals surface area contributed by atoms with E-state index in [0.29, 0.717) is 58.0 Å². The van der Waals surface area contributed by atoms with Crippen LogP contribution in [0.4, 0.5) is 0 Å². The lowest BCUT2D eigenvalue weighted by atomic mass is 9.81. The number of nitrogens with one attached hydrogen (secondary N) is 7. The van der Waals surface area contributed by atoms with Gasteiger partial charge in [0, 0.05) is 51.4 Å². The summed E-state index contributed by atoms with van der Waals surface area (Å²) in [6, 6.07) is 5.51. The van der Waals surface area contributed by atoms with Gasteiger partial charge in [0.2, 0.25) is 35.4 Å². The molecule has 1 aliphatic rings. The summed E-state index contributed by atoms with van der Waals surface area (Å²) in [6.45, 7) is 4.21. The number of hydrogen-bond donors (Lipinski definition) is 10. The van der Waals surface area contributed by atoms with Gasteiger partial charge in [-0.3, -0.25) is 43.7 Å². The van der Waals surface area contributed by atoms with E-state index >= 15 is 0 Å². The highest BCUT2D eigenvalue weighted by Gasteiger charge is 2.30. The molecule has 0 radical (unpaired) electrons. The molecular formula is C63H108N8O15. The molecule has 2 rings (SSSR count). The number of benzene rings is 1. The molecule has 490 valence electrons. The number of nitrogens with two attached hydrogens (primary N) is 1. The van der Waals surface area contributed by atoms with E-state index < -0.39 is 36.0 Å². The lowest BCUT2D eigenvalue weighted by molar-refractivity contribution is -0.143. The lowest BCUT2D eigenvalue weighted by Gasteiger charge is -2.28. The van der Waals surface area contributed by atoms with Gasteiger partial charge in [-0.2, -0.15) is 0 Å². The molecule has 6 amide bonds. The Labute approximate surface area is 511 Å². The summed E-state index contributed by atoms with van der Waals surface area (Å²) in [5.41, 5.74) is 7.64. The molecule has 1 aromatic rings. The molecule has 1 unspecified atom stereocenters. The number of hydrogen-bond acceptors (Lipinski definition) is 15. The Hall–Kier alpha value is -5.59. The third-order valence-electron chi connectivity index (χ3n) is 15.4. The Balaban J connectivity index is 1.37. The maximum atomic E-state index is 13.0. The molecule has 1 saturated carbocycles. The summed E-state index contributed by atoms with van der Waals surface area (Å²) in [7, 11) is 1.71. The van der Waals surface area contributed by atoms with Gasteiger partial charge in [-0.15, -0.1) is 0 Å². The number of ether oxygens (including phenoxy) is 4. The van der Waals surface area contributed by atoms with E-state index in [1.165, 1.54) is 64.2 Å². The SMILES string of the molecule is CN[C@@H](CCCCNC(=O)COCCOCCNC(=O)COCCOCCNC(=O)CCC(NC(=O)C1CCC(CNC(=O)CCCCCCCCCCCCCCCCCCC(=O)O)CC1)C(=O)O)C(=O)CN[C@@H](Cc1ccc(C)cc1)C(N)=O. The summed E-state index contributed by atoms with van der Waals surface area (Å²) < 4.78 is 21.6. The number of primary amides is 1. The zero-order valence-corrected chi connectivity index (χ0v) is 52.0. The maximum Gasteiger partial charge on any atom is 0.326 e. The largest absolute Gasteiger partial charge is 0.481 e. The van der Waals surface area contributed by atoms with Crippen molar-refractivity contribution in [2.24, 2.45) is 17.6 Å². The van der Waals surface area contributed by atoms with Gasteiger partial charge in [-0.1, -0.05) is 120 Å². The van der Waals surface area contributed by atoms with Gasteiger partial charge in [-0.25, -0.2) is 4.79 Å². The molecule has 0 saturated heterocycles. The average Bonchev–Trinajstić information content (AvgIpc) is 3.70. The molecule has 23 heteroatoms. The minimum Gasteiger partial charge on any atom is -0.481 e. The van der Waals surface area contributed by atoms with Crippen molar-refractivity contribution < 1.29 is 72.3 Å². The van der Waals surface area contributed by atoms with Crippen LogP contribution in [-0.2, 0) is 68.5 Å². The van der Waals surface area contributed by atoms with Crippen LogP contribution >= 0.6 is 0 Å². The first kappa shape index (κ1) is 76.5. The van der Waals surface area contributed by atoms with Crippen molar-refractivity contribution in [1.29, 1.82) is 0 Å². The van der Waals surface area contributed by atoms with E-state index in [4.69, 9.17) is 29.8 Å². The van der Waals surface area contributed by atoms with Crippen molar-refractivity contribution in [3.05, 3.63) is 35.4 Å². The van der Waals surface area contributed by atoms with Crippen molar-refractivity contribution >= 4 is 53.2 Å². The van der Waals surface area contributed by atoms with E-state index in [1.807, 2.05) is 31.2 Å². The van der Waals surface area contributed by atoms with Crippen LogP contribution in [0.25, 0.3) is 0 Å². The first-order valence-electron chi connectivity index (χ1n) is 32.0. The quantitative estimate of drug-likeness (QED) is 0.0379. The molecule has 0 heterocycles. The topological polar surface area (TPSA) is 341 Å². The number of carboxylic acids is 2. The molecule has 3 atom stereocenters. The molecule has 23 nitrogen and oxygen atoms in total. The number of carbonyl (C=O) groups excluding carboxylic acids is 7. The summed E-state index contributed by atoms with van der Waals surface area (Å²) in [6.07, 6.45) is 24.3. The van der Waals surface area contributed by atoms with Crippen LogP contribution in [0.5, 0.6) is 0 Å². The molecule has 1 fully saturated rings. The number of carboxylic acid groups (broad SMARTS) is 2. The number of unbranched alkanes of at least 4 members (excludes halogenated alkanes) is 16.